The van der Waals surface area contributed by atoms with Gasteiger partial charge in [0.2, 0.25) is 0 Å². The van der Waals surface area contributed by atoms with Crippen LogP contribution in [0.1, 0.15) is 0 Å². The fourth-order valence-corrected chi connectivity index (χ4v) is 6.68. The van der Waals surface area contributed by atoms with Crippen LogP contribution in [0.25, 0.3) is 0 Å². The second kappa shape index (κ2) is 6.56. The molecule has 0 N–H and O–H groups in total. The van der Waals surface area contributed by atoms with Gasteiger partial charge in [0, 0.05) is 36.8 Å². The number of piperazine rings is 1. The maximum Gasteiger partial charge on any atom is 0.252 e. The molecule has 118 valence electrons. The number of halogens is 2. The van der Waals surface area contributed by atoms with E-state index in [1.807, 2.05) is 18.2 Å². The number of pyridine rings is 1. The molecule has 0 atom stereocenters. The van der Waals surface area contributed by atoms with Crippen molar-refractivity contribution in [1.29, 1.82) is 0 Å². The van der Waals surface area contributed by atoms with Gasteiger partial charge in [0.05, 0.1) is 3.79 Å². The molecule has 5 nitrogen and oxygen atoms in total. The van der Waals surface area contributed by atoms with Crippen LogP contribution in [0.5, 0.6) is 0 Å². The van der Waals surface area contributed by atoms with E-state index in [2.05, 4.69) is 41.7 Å². The molecule has 0 spiro atoms. The lowest BCUT2D eigenvalue weighted by molar-refractivity contribution is 0.385. The van der Waals surface area contributed by atoms with Crippen molar-refractivity contribution in [3.05, 3.63) is 38.7 Å². The van der Waals surface area contributed by atoms with Gasteiger partial charge in [-0.05, 0) is 50.1 Å². The van der Waals surface area contributed by atoms with E-state index >= 15 is 0 Å². The molecule has 2 aromatic heterocycles. The van der Waals surface area contributed by atoms with E-state index in [0.29, 0.717) is 30.4 Å². The second-order valence-electron chi connectivity index (χ2n) is 4.77. The Morgan fingerprint density at radius 1 is 1.14 bits per heavy atom. The van der Waals surface area contributed by atoms with Crippen molar-refractivity contribution in [2.75, 3.05) is 31.1 Å². The Hall–Kier alpha value is -0.480. The first-order valence-corrected chi connectivity index (χ1v) is 10.4. The monoisotopic (exact) mass is 465 g/mol. The lowest BCUT2D eigenvalue weighted by atomic mass is 10.3. The second-order valence-corrected chi connectivity index (χ2v) is 10.2. The summed E-state index contributed by atoms with van der Waals surface area (Å²) in [5.41, 5.74) is 0. The highest BCUT2D eigenvalue weighted by Crippen LogP contribution is 2.36. The summed E-state index contributed by atoms with van der Waals surface area (Å²) in [6, 6.07) is 7.40. The van der Waals surface area contributed by atoms with Crippen molar-refractivity contribution in [2.45, 2.75) is 4.21 Å². The van der Waals surface area contributed by atoms with Crippen molar-refractivity contribution in [3.8, 4) is 0 Å². The molecule has 1 saturated heterocycles. The third kappa shape index (κ3) is 3.23. The third-order valence-corrected chi connectivity index (χ3v) is 9.03. The van der Waals surface area contributed by atoms with Gasteiger partial charge in [-0.3, -0.25) is 0 Å². The number of anilines is 1. The molecule has 0 aliphatic carbocycles. The standard InChI is InChI=1S/C13H13Br2N3O2S2/c14-10-9-12(21-13(10)15)22(19,20)18-7-5-17(6-8-18)11-3-1-2-4-16-11/h1-4,9H,5-8H2. The zero-order valence-corrected chi connectivity index (χ0v) is 16.3. The van der Waals surface area contributed by atoms with Crippen molar-refractivity contribution in [2.24, 2.45) is 0 Å². The molecule has 0 unspecified atom stereocenters. The highest BCUT2D eigenvalue weighted by atomic mass is 79.9. The average molecular weight is 467 g/mol. The Kier molecular flexibility index (Phi) is 4.89. The molecule has 0 saturated carbocycles. The summed E-state index contributed by atoms with van der Waals surface area (Å²) in [6.45, 7) is 2.21. The number of hydrogen-bond donors (Lipinski definition) is 0. The van der Waals surface area contributed by atoms with Gasteiger partial charge >= 0.3 is 0 Å². The van der Waals surface area contributed by atoms with Crippen molar-refractivity contribution >= 4 is 59.0 Å². The third-order valence-electron chi connectivity index (χ3n) is 3.43. The summed E-state index contributed by atoms with van der Waals surface area (Å²) in [5.74, 6) is 0.890. The molecular formula is C13H13Br2N3O2S2. The first kappa shape index (κ1) is 16.4. The predicted octanol–water partition coefficient (Wildman–Crippen LogP) is 3.18. The van der Waals surface area contributed by atoms with Crippen LogP contribution in [-0.2, 0) is 10.0 Å². The molecule has 1 aliphatic heterocycles. The van der Waals surface area contributed by atoms with E-state index in [1.54, 1.807) is 12.3 Å². The SMILES string of the molecule is O=S(=O)(c1cc(Br)c(Br)s1)N1CCN(c2ccccn2)CC1. The summed E-state index contributed by atoms with van der Waals surface area (Å²) in [7, 11) is -3.42. The van der Waals surface area contributed by atoms with E-state index in [4.69, 9.17) is 0 Å². The molecule has 9 heteroatoms. The van der Waals surface area contributed by atoms with E-state index in [1.165, 1.54) is 15.6 Å². The van der Waals surface area contributed by atoms with E-state index in [0.717, 1.165) is 14.1 Å². The summed E-state index contributed by atoms with van der Waals surface area (Å²) in [5, 5.41) is 0. The van der Waals surface area contributed by atoms with Crippen LogP contribution >= 0.6 is 43.2 Å². The normalized spacial score (nSPS) is 16.9. The van der Waals surface area contributed by atoms with Gasteiger partial charge in [-0.1, -0.05) is 6.07 Å². The summed E-state index contributed by atoms with van der Waals surface area (Å²) in [6.07, 6.45) is 1.75. The number of hydrogen-bond acceptors (Lipinski definition) is 5. The molecule has 0 radical (unpaired) electrons. The van der Waals surface area contributed by atoms with Crippen LogP contribution in [0.2, 0.25) is 0 Å². The number of aromatic nitrogens is 1. The van der Waals surface area contributed by atoms with Crippen LogP contribution in [0.15, 0.2) is 42.9 Å². The molecule has 3 heterocycles. The Morgan fingerprint density at radius 3 is 2.41 bits per heavy atom. The van der Waals surface area contributed by atoms with Gasteiger partial charge in [-0.25, -0.2) is 13.4 Å². The minimum atomic E-state index is -3.42. The van der Waals surface area contributed by atoms with Crippen molar-refractivity contribution in [1.82, 2.24) is 9.29 Å². The predicted molar refractivity (Wildman–Crippen MR) is 94.9 cm³/mol. The number of sulfonamides is 1. The molecule has 22 heavy (non-hydrogen) atoms. The summed E-state index contributed by atoms with van der Waals surface area (Å²) >= 11 is 7.91. The van der Waals surface area contributed by atoms with Crippen LogP contribution < -0.4 is 4.90 Å². The van der Waals surface area contributed by atoms with Crippen LogP contribution in [-0.4, -0.2) is 43.9 Å². The highest BCUT2D eigenvalue weighted by molar-refractivity contribution is 9.13. The minimum absolute atomic E-state index is 0.359. The Balaban J connectivity index is 1.73. The first-order chi connectivity index (χ1) is 10.5. The summed E-state index contributed by atoms with van der Waals surface area (Å²) < 4.78 is 28.8. The van der Waals surface area contributed by atoms with E-state index in [9.17, 15) is 8.42 Å². The van der Waals surface area contributed by atoms with Gasteiger partial charge in [0.15, 0.2) is 0 Å². The molecule has 2 aromatic rings. The molecule has 3 rings (SSSR count). The van der Waals surface area contributed by atoms with Gasteiger partial charge < -0.3 is 4.90 Å². The number of nitrogens with zero attached hydrogens (tertiary/aromatic N) is 3. The molecule has 1 aliphatic rings. The number of thiophene rings is 1. The minimum Gasteiger partial charge on any atom is -0.354 e. The molecule has 1 fully saturated rings. The van der Waals surface area contributed by atoms with Gasteiger partial charge in [0.25, 0.3) is 10.0 Å². The molecular weight excluding hydrogens is 454 g/mol. The molecule has 0 aromatic carbocycles. The molecule has 0 amide bonds. The maximum atomic E-state index is 12.7. The lowest BCUT2D eigenvalue weighted by Crippen LogP contribution is -2.48. The average Bonchev–Trinajstić information content (AvgIpc) is 2.88. The van der Waals surface area contributed by atoms with Crippen LogP contribution in [0.3, 0.4) is 0 Å². The van der Waals surface area contributed by atoms with Crippen molar-refractivity contribution < 1.29 is 8.42 Å². The first-order valence-electron chi connectivity index (χ1n) is 6.59. The van der Waals surface area contributed by atoms with Crippen LogP contribution in [0, 0.1) is 0 Å². The van der Waals surface area contributed by atoms with E-state index in [-0.39, 0.29) is 0 Å². The van der Waals surface area contributed by atoms with Gasteiger partial charge in [-0.2, -0.15) is 4.31 Å². The van der Waals surface area contributed by atoms with E-state index < -0.39 is 10.0 Å². The zero-order chi connectivity index (χ0) is 15.7. The lowest BCUT2D eigenvalue weighted by Gasteiger charge is -2.34. The highest BCUT2D eigenvalue weighted by Gasteiger charge is 2.30. The fourth-order valence-electron chi connectivity index (χ4n) is 2.28. The number of rotatable bonds is 3. The van der Waals surface area contributed by atoms with Gasteiger partial charge in [-0.15, -0.1) is 11.3 Å². The van der Waals surface area contributed by atoms with Gasteiger partial charge in [0.1, 0.15) is 10.0 Å². The fraction of sp³-hybridized carbons (Fsp3) is 0.308. The van der Waals surface area contributed by atoms with Crippen molar-refractivity contribution in [3.63, 3.8) is 0 Å². The maximum absolute atomic E-state index is 12.7. The summed E-state index contributed by atoms with van der Waals surface area (Å²) in [4.78, 5) is 6.41. The molecule has 0 bridgehead atoms. The Labute approximate surface area is 150 Å². The largest absolute Gasteiger partial charge is 0.354 e. The topological polar surface area (TPSA) is 53.5 Å². The smallest absolute Gasteiger partial charge is 0.252 e. The zero-order valence-electron chi connectivity index (χ0n) is 11.4. The Bertz CT molecular complexity index is 737. The Morgan fingerprint density at radius 2 is 1.86 bits per heavy atom. The van der Waals surface area contributed by atoms with Crippen LogP contribution in [0.4, 0.5) is 5.82 Å². The quantitative estimate of drug-likeness (QED) is 0.697.